The van der Waals surface area contributed by atoms with Crippen LogP contribution in [0.2, 0.25) is 0 Å². The van der Waals surface area contributed by atoms with Gasteiger partial charge in [-0.2, -0.15) is 5.10 Å². The summed E-state index contributed by atoms with van der Waals surface area (Å²) in [4.78, 5) is 24.0. The molecule has 1 fully saturated rings. The molecule has 0 radical (unpaired) electrons. The van der Waals surface area contributed by atoms with Crippen molar-refractivity contribution >= 4 is 5.91 Å². The third-order valence-corrected chi connectivity index (χ3v) is 5.55. The number of ether oxygens (including phenoxy) is 2. The van der Waals surface area contributed by atoms with Gasteiger partial charge in [-0.05, 0) is 51.0 Å². The fraction of sp³-hybridized carbons (Fsp3) is 0.364. The second-order valence-corrected chi connectivity index (χ2v) is 7.42. The second-order valence-electron chi connectivity index (χ2n) is 7.42. The number of hydrogen-bond donors (Lipinski definition) is 0. The molecule has 2 aromatic heterocycles. The third kappa shape index (κ3) is 3.18. The predicted octanol–water partition coefficient (Wildman–Crippen LogP) is 3.42. The molecule has 8 heteroatoms. The normalized spacial score (nSPS) is 14.7. The number of amides is 1. The van der Waals surface area contributed by atoms with E-state index in [4.69, 9.17) is 14.5 Å². The van der Waals surface area contributed by atoms with Gasteiger partial charge in [-0.15, -0.1) is 0 Å². The molecule has 3 aromatic rings. The van der Waals surface area contributed by atoms with E-state index in [0.29, 0.717) is 36.3 Å². The van der Waals surface area contributed by atoms with Gasteiger partial charge in [0.2, 0.25) is 6.79 Å². The maximum absolute atomic E-state index is 13.0. The van der Waals surface area contributed by atoms with Crippen molar-refractivity contribution in [1.82, 2.24) is 24.6 Å². The first kappa shape index (κ1) is 18.6. The Kier molecular flexibility index (Phi) is 4.61. The number of carbonyl (C=O) groups excluding carboxylic acids is 1. The molecule has 1 aliphatic heterocycles. The number of aromatic nitrogens is 4. The van der Waals surface area contributed by atoms with Gasteiger partial charge in [-0.1, -0.05) is 0 Å². The molecule has 0 saturated heterocycles. The standard InChI is InChI=1S/C22H23N5O3/c1-3-26(4-2)21(28)16-12-24-27(20(16)14-5-6-14)22-23-10-9-17(25-22)15-7-8-18-19(11-15)30-13-29-18/h7-12,14H,3-6,13H2,1-2H3. The lowest BCUT2D eigenvalue weighted by molar-refractivity contribution is 0.0771. The van der Waals surface area contributed by atoms with Gasteiger partial charge < -0.3 is 14.4 Å². The van der Waals surface area contributed by atoms with Gasteiger partial charge in [0.05, 0.1) is 23.1 Å². The van der Waals surface area contributed by atoms with Gasteiger partial charge in [0, 0.05) is 30.8 Å². The first-order chi connectivity index (χ1) is 14.7. The van der Waals surface area contributed by atoms with E-state index < -0.39 is 0 Å². The summed E-state index contributed by atoms with van der Waals surface area (Å²) in [6.45, 7) is 5.54. The number of rotatable bonds is 6. The van der Waals surface area contributed by atoms with Crippen molar-refractivity contribution in [3.05, 3.63) is 47.9 Å². The average molecular weight is 405 g/mol. The smallest absolute Gasteiger partial charge is 0.257 e. The van der Waals surface area contributed by atoms with E-state index in [0.717, 1.165) is 35.5 Å². The lowest BCUT2D eigenvalue weighted by atomic mass is 10.1. The molecule has 0 spiro atoms. The van der Waals surface area contributed by atoms with Gasteiger partial charge >= 0.3 is 0 Å². The zero-order valence-electron chi connectivity index (χ0n) is 17.0. The SMILES string of the molecule is CCN(CC)C(=O)c1cnn(-c2nccc(-c3ccc4c(c3)OCO4)n2)c1C1CC1. The molecule has 1 aromatic carbocycles. The molecule has 1 amide bonds. The van der Waals surface area contributed by atoms with Crippen molar-refractivity contribution < 1.29 is 14.3 Å². The highest BCUT2D eigenvalue weighted by atomic mass is 16.7. The summed E-state index contributed by atoms with van der Waals surface area (Å²) in [5.41, 5.74) is 3.22. The minimum absolute atomic E-state index is 0.0140. The second kappa shape index (κ2) is 7.44. The van der Waals surface area contributed by atoms with E-state index in [1.165, 1.54) is 0 Å². The van der Waals surface area contributed by atoms with Crippen molar-refractivity contribution in [3.63, 3.8) is 0 Å². The van der Waals surface area contributed by atoms with Crippen LogP contribution in [0.25, 0.3) is 17.2 Å². The van der Waals surface area contributed by atoms with Crippen LogP contribution in [0.15, 0.2) is 36.7 Å². The van der Waals surface area contributed by atoms with E-state index in [2.05, 4.69) is 10.1 Å². The Morgan fingerprint density at radius 3 is 2.73 bits per heavy atom. The first-order valence-corrected chi connectivity index (χ1v) is 10.3. The summed E-state index contributed by atoms with van der Waals surface area (Å²) in [5.74, 6) is 2.23. The lowest BCUT2D eigenvalue weighted by Gasteiger charge is -2.18. The Morgan fingerprint density at radius 1 is 1.17 bits per heavy atom. The fourth-order valence-electron chi connectivity index (χ4n) is 3.78. The van der Waals surface area contributed by atoms with Crippen molar-refractivity contribution in [3.8, 4) is 28.7 Å². The van der Waals surface area contributed by atoms with Crippen molar-refractivity contribution in [2.24, 2.45) is 0 Å². The predicted molar refractivity (Wildman–Crippen MR) is 110 cm³/mol. The summed E-state index contributed by atoms with van der Waals surface area (Å²) in [6.07, 6.45) is 5.47. The molecule has 154 valence electrons. The van der Waals surface area contributed by atoms with E-state index in [1.807, 2.05) is 43.0 Å². The van der Waals surface area contributed by atoms with Gasteiger partial charge in [0.1, 0.15) is 0 Å². The van der Waals surface area contributed by atoms with Crippen molar-refractivity contribution in [1.29, 1.82) is 0 Å². The van der Waals surface area contributed by atoms with Crippen LogP contribution in [0, 0.1) is 0 Å². The van der Waals surface area contributed by atoms with Crippen LogP contribution < -0.4 is 9.47 Å². The Bertz CT molecular complexity index is 1100. The molecule has 0 bridgehead atoms. The maximum Gasteiger partial charge on any atom is 0.257 e. The molecule has 8 nitrogen and oxygen atoms in total. The van der Waals surface area contributed by atoms with Gasteiger partial charge in [-0.25, -0.2) is 14.6 Å². The minimum atomic E-state index is 0.0140. The largest absolute Gasteiger partial charge is 0.454 e. The Hall–Kier alpha value is -3.42. The minimum Gasteiger partial charge on any atom is -0.454 e. The number of benzene rings is 1. The van der Waals surface area contributed by atoms with Crippen molar-refractivity contribution in [2.45, 2.75) is 32.6 Å². The topological polar surface area (TPSA) is 82.4 Å². The number of hydrogen-bond acceptors (Lipinski definition) is 6. The molecule has 0 atom stereocenters. The van der Waals surface area contributed by atoms with E-state index in [-0.39, 0.29) is 12.7 Å². The molecule has 3 heterocycles. The lowest BCUT2D eigenvalue weighted by Crippen LogP contribution is -2.31. The average Bonchev–Trinajstić information content (AvgIpc) is 3.34. The molecule has 5 rings (SSSR count). The van der Waals surface area contributed by atoms with E-state index in [1.54, 1.807) is 17.1 Å². The van der Waals surface area contributed by atoms with Gasteiger partial charge in [-0.3, -0.25) is 4.79 Å². The zero-order valence-corrected chi connectivity index (χ0v) is 17.0. The van der Waals surface area contributed by atoms with Crippen LogP contribution >= 0.6 is 0 Å². The van der Waals surface area contributed by atoms with Gasteiger partial charge in [0.25, 0.3) is 11.9 Å². The number of fused-ring (bicyclic) bond motifs is 1. The highest BCUT2D eigenvalue weighted by Crippen LogP contribution is 2.42. The Labute approximate surface area is 174 Å². The molecule has 1 aliphatic carbocycles. The molecule has 30 heavy (non-hydrogen) atoms. The maximum atomic E-state index is 13.0. The first-order valence-electron chi connectivity index (χ1n) is 10.3. The molecule has 0 N–H and O–H groups in total. The molecular weight excluding hydrogens is 382 g/mol. The van der Waals surface area contributed by atoms with Crippen LogP contribution in [-0.2, 0) is 0 Å². The molecule has 2 aliphatic rings. The van der Waals surface area contributed by atoms with Gasteiger partial charge in [0.15, 0.2) is 11.5 Å². The summed E-state index contributed by atoms with van der Waals surface area (Å²) in [7, 11) is 0. The monoisotopic (exact) mass is 405 g/mol. The summed E-state index contributed by atoms with van der Waals surface area (Å²) in [6, 6.07) is 7.58. The highest BCUT2D eigenvalue weighted by molar-refractivity contribution is 5.95. The zero-order chi connectivity index (χ0) is 20.7. The van der Waals surface area contributed by atoms with E-state index >= 15 is 0 Å². The van der Waals surface area contributed by atoms with Crippen molar-refractivity contribution in [2.75, 3.05) is 19.9 Å². The Morgan fingerprint density at radius 2 is 1.97 bits per heavy atom. The quantitative estimate of drug-likeness (QED) is 0.625. The number of carbonyl (C=O) groups is 1. The molecular formula is C22H23N5O3. The van der Waals surface area contributed by atoms with Crippen LogP contribution in [0.3, 0.4) is 0 Å². The summed E-state index contributed by atoms with van der Waals surface area (Å²) >= 11 is 0. The van der Waals surface area contributed by atoms with E-state index in [9.17, 15) is 4.79 Å². The molecule has 1 saturated carbocycles. The highest BCUT2D eigenvalue weighted by Gasteiger charge is 2.34. The van der Waals surface area contributed by atoms with Crippen LogP contribution in [0.4, 0.5) is 0 Å². The summed E-state index contributed by atoms with van der Waals surface area (Å²) < 4.78 is 12.6. The summed E-state index contributed by atoms with van der Waals surface area (Å²) in [5, 5.41) is 4.51. The van der Waals surface area contributed by atoms with Crippen LogP contribution in [0.5, 0.6) is 11.5 Å². The Balaban J connectivity index is 1.54. The van der Waals surface area contributed by atoms with Crippen LogP contribution in [-0.4, -0.2) is 50.4 Å². The third-order valence-electron chi connectivity index (χ3n) is 5.55. The fourth-order valence-corrected chi connectivity index (χ4v) is 3.78. The van der Waals surface area contributed by atoms with Crippen LogP contribution in [0.1, 0.15) is 48.7 Å². The molecule has 0 unspecified atom stereocenters. The number of nitrogens with zero attached hydrogens (tertiary/aromatic N) is 5.